The van der Waals surface area contributed by atoms with E-state index in [9.17, 15) is 19.3 Å². The van der Waals surface area contributed by atoms with Gasteiger partial charge in [-0.2, -0.15) is 0 Å². The third-order valence-electron chi connectivity index (χ3n) is 6.07. The van der Waals surface area contributed by atoms with E-state index in [1.807, 2.05) is 14.7 Å². The molecule has 0 aliphatic carbocycles. The Kier molecular flexibility index (Phi) is 6.33. The lowest BCUT2D eigenvalue weighted by molar-refractivity contribution is -0.383. The number of esters is 1. The molecule has 32 heavy (non-hydrogen) atoms. The van der Waals surface area contributed by atoms with Gasteiger partial charge in [0.2, 0.25) is 11.6 Å². The fourth-order valence-electron chi connectivity index (χ4n) is 4.35. The predicted molar refractivity (Wildman–Crippen MR) is 116 cm³/mol. The van der Waals surface area contributed by atoms with E-state index in [1.54, 1.807) is 18.2 Å². The van der Waals surface area contributed by atoms with Gasteiger partial charge in [-0.15, -0.1) is 0 Å². The summed E-state index contributed by atoms with van der Waals surface area (Å²) in [6.07, 6.45) is 2.43. The summed E-state index contributed by atoms with van der Waals surface area (Å²) in [5.74, 6) is -0.215. The maximum Gasteiger partial charge on any atom is 0.353 e. The molecule has 0 spiro atoms. The Morgan fingerprint density at radius 2 is 1.59 bits per heavy atom. The molecule has 2 aliphatic rings. The molecule has 10 nitrogen and oxygen atoms in total. The molecule has 2 saturated heterocycles. The van der Waals surface area contributed by atoms with Crippen LogP contribution in [-0.2, 0) is 9.53 Å². The first-order valence-corrected chi connectivity index (χ1v) is 10.6. The number of carbonyl (C=O) groups excluding carboxylic acids is 1. The smallest absolute Gasteiger partial charge is 0.353 e. The third-order valence-corrected chi connectivity index (χ3v) is 6.07. The number of para-hydroxylation sites is 1. The van der Waals surface area contributed by atoms with Gasteiger partial charge in [0.05, 0.1) is 23.6 Å². The van der Waals surface area contributed by atoms with Crippen molar-refractivity contribution in [3.8, 4) is 0 Å². The highest BCUT2D eigenvalue weighted by Gasteiger charge is 2.34. The Hall–Kier alpha value is -3.50. The van der Waals surface area contributed by atoms with Crippen LogP contribution < -0.4 is 14.7 Å². The van der Waals surface area contributed by atoms with E-state index >= 15 is 0 Å². The van der Waals surface area contributed by atoms with Gasteiger partial charge in [0.15, 0.2) is 0 Å². The molecule has 2 fully saturated rings. The molecule has 0 atom stereocenters. The van der Waals surface area contributed by atoms with Crippen molar-refractivity contribution < 1.29 is 18.8 Å². The van der Waals surface area contributed by atoms with Crippen molar-refractivity contribution in [3.63, 3.8) is 0 Å². The molecule has 0 bridgehead atoms. The number of piperazine rings is 1. The Labute approximate surface area is 184 Å². The van der Waals surface area contributed by atoms with Gasteiger partial charge in [-0.05, 0) is 25.0 Å². The maximum absolute atomic E-state index is 14.1. The Balaban J connectivity index is 1.51. The van der Waals surface area contributed by atoms with Crippen molar-refractivity contribution in [1.29, 1.82) is 0 Å². The number of hydrogen-bond acceptors (Lipinski definition) is 9. The molecule has 1 aromatic heterocycles. The van der Waals surface area contributed by atoms with E-state index < -0.39 is 4.92 Å². The lowest BCUT2D eigenvalue weighted by Gasteiger charge is -2.37. The van der Waals surface area contributed by atoms with Crippen LogP contribution in [0.1, 0.15) is 12.8 Å². The normalized spacial score (nSPS) is 17.4. The average Bonchev–Trinajstić information content (AvgIpc) is 2.83. The highest BCUT2D eigenvalue weighted by molar-refractivity contribution is 5.74. The van der Waals surface area contributed by atoms with Crippen LogP contribution in [0.15, 0.2) is 30.6 Å². The number of benzene rings is 1. The van der Waals surface area contributed by atoms with Crippen molar-refractivity contribution in [1.82, 2.24) is 9.97 Å². The zero-order chi connectivity index (χ0) is 22.7. The molecule has 0 unspecified atom stereocenters. The number of rotatable bonds is 5. The van der Waals surface area contributed by atoms with Crippen molar-refractivity contribution in [2.45, 2.75) is 12.8 Å². The number of nitrogens with zero attached hydrogens (tertiary/aromatic N) is 6. The summed E-state index contributed by atoms with van der Waals surface area (Å²) >= 11 is 0. The summed E-state index contributed by atoms with van der Waals surface area (Å²) in [7, 11) is 1.36. The zero-order valence-corrected chi connectivity index (χ0v) is 17.8. The summed E-state index contributed by atoms with van der Waals surface area (Å²) in [4.78, 5) is 37.4. The maximum atomic E-state index is 14.1. The summed E-state index contributed by atoms with van der Waals surface area (Å²) in [6, 6.07) is 6.59. The third kappa shape index (κ3) is 4.27. The molecule has 0 saturated carbocycles. The molecule has 4 rings (SSSR count). The molecule has 3 heterocycles. The zero-order valence-electron chi connectivity index (χ0n) is 17.8. The van der Waals surface area contributed by atoms with E-state index in [4.69, 9.17) is 4.74 Å². The van der Waals surface area contributed by atoms with Gasteiger partial charge < -0.3 is 19.4 Å². The topological polar surface area (TPSA) is 105 Å². The molecule has 170 valence electrons. The van der Waals surface area contributed by atoms with Gasteiger partial charge in [0, 0.05) is 39.3 Å². The first kappa shape index (κ1) is 21.7. The Morgan fingerprint density at radius 3 is 2.16 bits per heavy atom. The van der Waals surface area contributed by atoms with Gasteiger partial charge in [-0.1, -0.05) is 12.1 Å². The van der Waals surface area contributed by atoms with Crippen LogP contribution >= 0.6 is 0 Å². The van der Waals surface area contributed by atoms with Crippen LogP contribution in [0.3, 0.4) is 0 Å². The fraction of sp³-hybridized carbons (Fsp3) is 0.476. The molecular weight excluding hydrogens is 419 g/mol. The molecule has 0 N–H and O–H groups in total. The van der Waals surface area contributed by atoms with Crippen LogP contribution in [0, 0.1) is 21.8 Å². The number of ether oxygens (including phenoxy) is 1. The summed E-state index contributed by atoms with van der Waals surface area (Å²) in [6.45, 7) is 2.91. The Morgan fingerprint density at radius 1 is 1.03 bits per heavy atom. The number of anilines is 3. The number of hydrogen-bond donors (Lipinski definition) is 0. The van der Waals surface area contributed by atoms with Crippen LogP contribution in [-0.4, -0.2) is 67.2 Å². The van der Waals surface area contributed by atoms with Gasteiger partial charge in [0.25, 0.3) is 0 Å². The number of piperidine rings is 1. The average molecular weight is 444 g/mol. The number of aromatic nitrogens is 2. The van der Waals surface area contributed by atoms with Crippen LogP contribution in [0.25, 0.3) is 0 Å². The molecule has 2 aromatic rings. The van der Waals surface area contributed by atoms with Crippen molar-refractivity contribution in [2.75, 3.05) is 61.1 Å². The molecular formula is C21H25FN6O4. The first-order valence-electron chi connectivity index (χ1n) is 10.6. The van der Waals surface area contributed by atoms with Crippen molar-refractivity contribution in [2.24, 2.45) is 5.92 Å². The fourth-order valence-corrected chi connectivity index (χ4v) is 4.35. The van der Waals surface area contributed by atoms with Gasteiger partial charge in [-0.25, -0.2) is 14.4 Å². The highest BCUT2D eigenvalue weighted by Crippen LogP contribution is 2.36. The second kappa shape index (κ2) is 9.33. The van der Waals surface area contributed by atoms with Gasteiger partial charge >= 0.3 is 11.7 Å². The molecule has 2 aliphatic heterocycles. The van der Waals surface area contributed by atoms with E-state index in [0.717, 1.165) is 0 Å². The quantitative estimate of drug-likeness (QED) is 0.390. The minimum Gasteiger partial charge on any atom is -0.469 e. The van der Waals surface area contributed by atoms with Crippen molar-refractivity contribution >= 4 is 29.0 Å². The van der Waals surface area contributed by atoms with E-state index in [1.165, 1.54) is 19.5 Å². The molecule has 1 aromatic carbocycles. The molecule has 11 heteroatoms. The van der Waals surface area contributed by atoms with E-state index in [2.05, 4.69) is 9.97 Å². The number of halogens is 1. The SMILES string of the molecule is COC(=O)C1CCN(c2ncnc(N3CCN(c4ccccc4F)CC3)c2[N+](=O)[O-])CC1. The predicted octanol–water partition coefficient (Wildman–Crippen LogP) is 2.24. The Bertz CT molecular complexity index is 990. The van der Waals surface area contributed by atoms with E-state index in [-0.39, 0.29) is 35.0 Å². The minimum atomic E-state index is -0.444. The van der Waals surface area contributed by atoms with Gasteiger partial charge in [0.1, 0.15) is 12.1 Å². The number of carbonyl (C=O) groups is 1. The highest BCUT2D eigenvalue weighted by atomic mass is 19.1. The number of nitro groups is 1. The van der Waals surface area contributed by atoms with E-state index in [0.29, 0.717) is 57.8 Å². The number of methoxy groups -OCH3 is 1. The summed E-state index contributed by atoms with van der Waals surface area (Å²) in [5, 5.41) is 12.0. The largest absolute Gasteiger partial charge is 0.469 e. The summed E-state index contributed by atoms with van der Waals surface area (Å²) < 4.78 is 18.9. The monoisotopic (exact) mass is 444 g/mol. The van der Waals surface area contributed by atoms with Gasteiger partial charge in [-0.3, -0.25) is 14.9 Å². The molecule has 0 radical (unpaired) electrons. The van der Waals surface area contributed by atoms with Crippen LogP contribution in [0.4, 0.5) is 27.4 Å². The molecule has 0 amide bonds. The van der Waals surface area contributed by atoms with Crippen LogP contribution in [0.5, 0.6) is 0 Å². The second-order valence-electron chi connectivity index (χ2n) is 7.84. The summed E-state index contributed by atoms with van der Waals surface area (Å²) in [5.41, 5.74) is 0.391. The first-order chi connectivity index (χ1) is 15.5. The van der Waals surface area contributed by atoms with Crippen molar-refractivity contribution in [3.05, 3.63) is 46.5 Å². The lowest BCUT2D eigenvalue weighted by atomic mass is 9.97. The lowest BCUT2D eigenvalue weighted by Crippen LogP contribution is -2.47. The second-order valence-corrected chi connectivity index (χ2v) is 7.84. The standard InChI is InChI=1S/C21H25FN6O4/c1-32-21(29)15-6-8-26(9-7-15)19-18(28(30)31)20(24-14-23-19)27-12-10-25(11-13-27)17-5-3-2-4-16(17)22/h2-5,14-15H,6-13H2,1H3. The minimum absolute atomic E-state index is 0.136. The van der Waals surface area contributed by atoms with Crippen LogP contribution in [0.2, 0.25) is 0 Å².